The largest absolute Gasteiger partial charge is 0.103 e. The number of hydrogen-bond donors (Lipinski definition) is 0. The van der Waals surface area contributed by atoms with Crippen molar-refractivity contribution < 1.29 is 0 Å². The van der Waals surface area contributed by atoms with Gasteiger partial charge < -0.3 is 0 Å². The second-order valence-electron chi connectivity index (χ2n) is 3.84. The van der Waals surface area contributed by atoms with E-state index >= 15 is 0 Å². The van der Waals surface area contributed by atoms with Crippen molar-refractivity contribution in [2.24, 2.45) is 11.8 Å². The van der Waals surface area contributed by atoms with Crippen LogP contribution in [0.5, 0.6) is 0 Å². The summed E-state index contributed by atoms with van der Waals surface area (Å²) in [5, 5.41) is 1.15. The van der Waals surface area contributed by atoms with E-state index in [9.17, 15) is 0 Å². The van der Waals surface area contributed by atoms with Crippen molar-refractivity contribution in [3.05, 3.63) is 24.8 Å². The van der Waals surface area contributed by atoms with Gasteiger partial charge in [-0.1, -0.05) is 34.2 Å². The fourth-order valence-corrected chi connectivity index (χ4v) is 2.28. The highest BCUT2D eigenvalue weighted by Crippen LogP contribution is 2.30. The molecule has 0 aromatic rings. The van der Waals surface area contributed by atoms with Crippen LogP contribution < -0.4 is 0 Å². The summed E-state index contributed by atoms with van der Waals surface area (Å²) in [4.78, 5) is 0. The predicted octanol–water partition coefficient (Wildman–Crippen LogP) is 4.32. The van der Waals surface area contributed by atoms with E-state index in [2.05, 4.69) is 34.7 Å². The van der Waals surface area contributed by atoms with E-state index in [1.54, 1.807) is 0 Å². The number of allylic oxidation sites excluding steroid dienone is 3. The molecule has 2 atom stereocenters. The van der Waals surface area contributed by atoms with Gasteiger partial charge in [-0.2, -0.15) is 0 Å². The molecule has 0 spiro atoms. The van der Waals surface area contributed by atoms with E-state index in [4.69, 9.17) is 0 Å². The summed E-state index contributed by atoms with van der Waals surface area (Å²) >= 11 is 3.48. The Morgan fingerprint density at radius 1 is 1.31 bits per heavy atom. The maximum absolute atomic E-state index is 3.76. The molecule has 0 saturated carbocycles. The normalized spacial score (nSPS) is 26.5. The topological polar surface area (TPSA) is 0 Å². The van der Waals surface area contributed by atoms with Gasteiger partial charge >= 0.3 is 0 Å². The average molecular weight is 243 g/mol. The Labute approximate surface area is 90.2 Å². The van der Waals surface area contributed by atoms with Crippen molar-refractivity contribution in [2.45, 2.75) is 32.1 Å². The smallest absolute Gasteiger partial charge is 0.00315 e. The lowest BCUT2D eigenvalue weighted by atomic mass is 9.96. The Balaban J connectivity index is 2.13. The van der Waals surface area contributed by atoms with Gasteiger partial charge in [0.1, 0.15) is 0 Å². The van der Waals surface area contributed by atoms with Crippen molar-refractivity contribution in [3.63, 3.8) is 0 Å². The van der Waals surface area contributed by atoms with Crippen LogP contribution in [0.2, 0.25) is 0 Å². The van der Waals surface area contributed by atoms with Crippen LogP contribution >= 0.6 is 15.9 Å². The highest BCUT2D eigenvalue weighted by atomic mass is 79.9. The van der Waals surface area contributed by atoms with Gasteiger partial charge in [0.2, 0.25) is 0 Å². The summed E-state index contributed by atoms with van der Waals surface area (Å²) < 4.78 is 0. The maximum atomic E-state index is 3.76. The first-order valence-corrected chi connectivity index (χ1v) is 6.34. The first kappa shape index (κ1) is 11.0. The van der Waals surface area contributed by atoms with Gasteiger partial charge in [-0.05, 0) is 43.9 Å². The monoisotopic (exact) mass is 242 g/mol. The zero-order valence-electron chi connectivity index (χ0n) is 8.21. The molecule has 13 heavy (non-hydrogen) atoms. The second-order valence-corrected chi connectivity index (χ2v) is 4.63. The molecule has 0 heterocycles. The van der Waals surface area contributed by atoms with Crippen LogP contribution in [-0.4, -0.2) is 5.33 Å². The molecular weight excluding hydrogens is 224 g/mol. The van der Waals surface area contributed by atoms with E-state index in [1.165, 1.54) is 32.1 Å². The molecular formula is C12H19Br. The predicted molar refractivity (Wildman–Crippen MR) is 63.2 cm³/mol. The third-order valence-electron chi connectivity index (χ3n) is 2.71. The Bertz CT molecular complexity index is 172. The minimum absolute atomic E-state index is 0.832. The molecule has 74 valence electrons. The fraction of sp³-hybridized carbons (Fsp3) is 0.667. The van der Waals surface area contributed by atoms with Crippen LogP contribution in [-0.2, 0) is 0 Å². The summed E-state index contributed by atoms with van der Waals surface area (Å²) in [6.45, 7) is 3.76. The molecule has 0 aromatic heterocycles. The molecule has 0 bridgehead atoms. The summed E-state index contributed by atoms with van der Waals surface area (Å²) in [6.07, 6.45) is 13.3. The lowest BCUT2D eigenvalue weighted by molar-refractivity contribution is 0.474. The third kappa shape index (κ3) is 4.12. The molecule has 1 aliphatic carbocycles. The van der Waals surface area contributed by atoms with E-state index < -0.39 is 0 Å². The summed E-state index contributed by atoms with van der Waals surface area (Å²) in [5.74, 6) is 1.69. The molecule has 0 unspecified atom stereocenters. The minimum Gasteiger partial charge on any atom is -0.103 e. The summed E-state index contributed by atoms with van der Waals surface area (Å²) in [7, 11) is 0. The standard InChI is InChI=1S/C12H19Br/c1-2-3-5-11-7-8-12(10-11)6-4-9-13/h2,7-8,11-12H,1,3-6,9-10H2/t11-,12-/m1/s1. The number of halogens is 1. The van der Waals surface area contributed by atoms with Gasteiger partial charge in [0.05, 0.1) is 0 Å². The van der Waals surface area contributed by atoms with Crippen molar-refractivity contribution in [3.8, 4) is 0 Å². The van der Waals surface area contributed by atoms with Crippen LogP contribution in [0.15, 0.2) is 24.8 Å². The Morgan fingerprint density at radius 3 is 2.62 bits per heavy atom. The van der Waals surface area contributed by atoms with Crippen LogP contribution in [0.3, 0.4) is 0 Å². The second kappa shape index (κ2) is 6.42. The van der Waals surface area contributed by atoms with Crippen molar-refractivity contribution in [2.75, 3.05) is 5.33 Å². The van der Waals surface area contributed by atoms with Crippen molar-refractivity contribution >= 4 is 15.9 Å². The zero-order chi connectivity index (χ0) is 9.52. The SMILES string of the molecule is C=CCC[C@@H]1C=C[C@@H](CCCBr)C1. The van der Waals surface area contributed by atoms with Gasteiger partial charge in [-0.3, -0.25) is 0 Å². The fourth-order valence-electron chi connectivity index (χ4n) is 1.96. The number of rotatable bonds is 6. The van der Waals surface area contributed by atoms with E-state index in [1.807, 2.05) is 6.08 Å². The van der Waals surface area contributed by atoms with Crippen LogP contribution in [0.1, 0.15) is 32.1 Å². The minimum atomic E-state index is 0.832. The quantitative estimate of drug-likeness (QED) is 0.481. The average Bonchev–Trinajstić information content (AvgIpc) is 2.59. The first-order valence-electron chi connectivity index (χ1n) is 5.22. The highest BCUT2D eigenvalue weighted by molar-refractivity contribution is 9.09. The van der Waals surface area contributed by atoms with E-state index in [0.29, 0.717) is 0 Å². The Hall–Kier alpha value is -0.0400. The number of alkyl halides is 1. The molecule has 1 aliphatic rings. The van der Waals surface area contributed by atoms with Crippen LogP contribution in [0.4, 0.5) is 0 Å². The van der Waals surface area contributed by atoms with Gasteiger partial charge in [0.25, 0.3) is 0 Å². The molecule has 1 rings (SSSR count). The molecule has 0 aromatic carbocycles. The first-order chi connectivity index (χ1) is 6.36. The molecule has 0 fully saturated rings. The zero-order valence-corrected chi connectivity index (χ0v) is 9.80. The van der Waals surface area contributed by atoms with Crippen LogP contribution in [0, 0.1) is 11.8 Å². The molecule has 0 nitrogen and oxygen atoms in total. The highest BCUT2D eigenvalue weighted by Gasteiger charge is 2.17. The van der Waals surface area contributed by atoms with Crippen LogP contribution in [0.25, 0.3) is 0 Å². The van der Waals surface area contributed by atoms with Gasteiger partial charge in [0.15, 0.2) is 0 Å². The Kier molecular flexibility index (Phi) is 5.45. The van der Waals surface area contributed by atoms with E-state index in [0.717, 1.165) is 17.2 Å². The lowest BCUT2D eigenvalue weighted by Crippen LogP contribution is -1.98. The molecule has 0 N–H and O–H groups in total. The summed E-state index contributed by atoms with van der Waals surface area (Å²) in [5.41, 5.74) is 0. The van der Waals surface area contributed by atoms with Crippen molar-refractivity contribution in [1.82, 2.24) is 0 Å². The van der Waals surface area contributed by atoms with E-state index in [-0.39, 0.29) is 0 Å². The maximum Gasteiger partial charge on any atom is 0.00315 e. The molecule has 0 radical (unpaired) electrons. The van der Waals surface area contributed by atoms with Gasteiger partial charge in [-0.15, -0.1) is 6.58 Å². The van der Waals surface area contributed by atoms with Crippen molar-refractivity contribution in [1.29, 1.82) is 0 Å². The summed E-state index contributed by atoms with van der Waals surface area (Å²) in [6, 6.07) is 0. The molecule has 0 amide bonds. The van der Waals surface area contributed by atoms with Gasteiger partial charge in [0, 0.05) is 5.33 Å². The molecule has 1 heteroatoms. The third-order valence-corrected chi connectivity index (χ3v) is 3.27. The molecule has 0 aliphatic heterocycles. The van der Waals surface area contributed by atoms with Gasteiger partial charge in [-0.25, -0.2) is 0 Å². The number of hydrogen-bond acceptors (Lipinski definition) is 0. The lowest BCUT2D eigenvalue weighted by Gasteiger charge is -2.09. The molecule has 0 saturated heterocycles. The Morgan fingerprint density at radius 2 is 2.00 bits per heavy atom.